The number of ether oxygens (including phenoxy) is 3. The molecule has 42 heavy (non-hydrogen) atoms. The second kappa shape index (κ2) is 12.8. The van der Waals surface area contributed by atoms with Gasteiger partial charge in [0.15, 0.2) is 5.78 Å². The average molecular weight is 566 g/mol. The van der Waals surface area contributed by atoms with E-state index in [0.717, 1.165) is 66.3 Å². The SMILES string of the molecule is COc1ccc(-c2nn(C3CCC3)c(-c3ccc(OC)cc3)c2C(=O)c2ccc(OCCC3CCCCN3)cc2)cc1. The van der Waals surface area contributed by atoms with Crippen molar-refractivity contribution in [1.82, 2.24) is 15.1 Å². The second-order valence-corrected chi connectivity index (χ2v) is 11.2. The van der Waals surface area contributed by atoms with Crippen LogP contribution in [0, 0.1) is 0 Å². The summed E-state index contributed by atoms with van der Waals surface area (Å²) in [5.41, 5.74) is 4.56. The third-order valence-electron chi connectivity index (χ3n) is 8.55. The van der Waals surface area contributed by atoms with E-state index in [9.17, 15) is 4.79 Å². The average Bonchev–Trinajstić information content (AvgIpc) is 3.40. The predicted octanol–water partition coefficient (Wildman–Crippen LogP) is 7.10. The summed E-state index contributed by atoms with van der Waals surface area (Å²) in [5, 5.41) is 8.69. The van der Waals surface area contributed by atoms with Gasteiger partial charge in [-0.2, -0.15) is 5.10 Å². The number of piperidine rings is 1. The molecule has 1 atom stereocenters. The molecule has 1 N–H and O–H groups in total. The summed E-state index contributed by atoms with van der Waals surface area (Å²) in [7, 11) is 3.31. The Balaban J connectivity index is 1.35. The lowest BCUT2D eigenvalue weighted by Crippen LogP contribution is -2.35. The molecule has 6 rings (SSSR count). The summed E-state index contributed by atoms with van der Waals surface area (Å²) in [6.45, 7) is 1.75. The molecule has 7 heteroatoms. The van der Waals surface area contributed by atoms with Gasteiger partial charge < -0.3 is 19.5 Å². The van der Waals surface area contributed by atoms with Crippen LogP contribution in [-0.2, 0) is 0 Å². The van der Waals surface area contributed by atoms with E-state index >= 15 is 0 Å². The first-order chi connectivity index (χ1) is 20.6. The molecule has 4 aromatic rings. The van der Waals surface area contributed by atoms with E-state index in [1.54, 1.807) is 14.2 Å². The van der Waals surface area contributed by atoms with Gasteiger partial charge in [0.25, 0.3) is 0 Å². The molecule has 3 aromatic carbocycles. The molecule has 1 aliphatic carbocycles. The van der Waals surface area contributed by atoms with Crippen LogP contribution in [0.2, 0.25) is 0 Å². The van der Waals surface area contributed by atoms with Crippen LogP contribution in [0.4, 0.5) is 0 Å². The lowest BCUT2D eigenvalue weighted by molar-refractivity contribution is 0.103. The smallest absolute Gasteiger partial charge is 0.197 e. The van der Waals surface area contributed by atoms with Crippen LogP contribution in [0.1, 0.15) is 66.9 Å². The van der Waals surface area contributed by atoms with Crippen LogP contribution in [-0.4, -0.2) is 49.0 Å². The summed E-state index contributed by atoms with van der Waals surface area (Å²) < 4.78 is 18.9. The molecule has 1 unspecified atom stereocenters. The Hall–Kier alpha value is -4.10. The minimum atomic E-state index is -0.0600. The van der Waals surface area contributed by atoms with E-state index in [1.807, 2.05) is 72.8 Å². The first-order valence-corrected chi connectivity index (χ1v) is 15.1. The van der Waals surface area contributed by atoms with E-state index in [1.165, 1.54) is 19.3 Å². The Labute approximate surface area is 247 Å². The maximum atomic E-state index is 14.4. The largest absolute Gasteiger partial charge is 0.497 e. The number of nitrogens with zero attached hydrogens (tertiary/aromatic N) is 2. The van der Waals surface area contributed by atoms with Crippen LogP contribution in [0.5, 0.6) is 17.2 Å². The fourth-order valence-corrected chi connectivity index (χ4v) is 5.86. The standard InChI is InChI=1S/C35H39N3O4/c1-40-29-15-9-24(10-16-29)33-32(34(38(37-33)28-7-5-8-28)25-11-17-30(41-2)18-12-25)35(39)26-13-19-31(20-14-26)42-23-21-27-6-3-4-22-36-27/h9-20,27-28,36H,3-8,21-23H2,1-2H3. The van der Waals surface area contributed by atoms with E-state index in [-0.39, 0.29) is 11.8 Å². The number of aromatic nitrogens is 2. The molecular weight excluding hydrogens is 526 g/mol. The van der Waals surface area contributed by atoms with Gasteiger partial charge in [0.05, 0.1) is 38.1 Å². The van der Waals surface area contributed by atoms with Crippen LogP contribution in [0.15, 0.2) is 72.8 Å². The zero-order valence-electron chi connectivity index (χ0n) is 24.5. The molecule has 1 saturated carbocycles. The first-order valence-electron chi connectivity index (χ1n) is 15.1. The Morgan fingerprint density at radius 2 is 1.45 bits per heavy atom. The molecule has 1 aliphatic heterocycles. The zero-order valence-corrected chi connectivity index (χ0v) is 24.5. The maximum Gasteiger partial charge on any atom is 0.197 e. The molecule has 0 bridgehead atoms. The van der Waals surface area contributed by atoms with Crippen LogP contribution in [0.25, 0.3) is 22.5 Å². The molecule has 218 valence electrons. The third-order valence-corrected chi connectivity index (χ3v) is 8.55. The van der Waals surface area contributed by atoms with Gasteiger partial charge >= 0.3 is 0 Å². The fourth-order valence-electron chi connectivity index (χ4n) is 5.86. The topological polar surface area (TPSA) is 74.6 Å². The fraction of sp³-hybridized carbons (Fsp3) is 0.371. The van der Waals surface area contributed by atoms with E-state index < -0.39 is 0 Å². The molecule has 0 radical (unpaired) electrons. The quantitative estimate of drug-likeness (QED) is 0.196. The van der Waals surface area contributed by atoms with Crippen molar-refractivity contribution in [3.8, 4) is 39.8 Å². The highest BCUT2D eigenvalue weighted by molar-refractivity contribution is 6.16. The van der Waals surface area contributed by atoms with Gasteiger partial charge in [-0.3, -0.25) is 9.48 Å². The number of ketones is 1. The van der Waals surface area contributed by atoms with Gasteiger partial charge in [-0.25, -0.2) is 0 Å². The molecule has 1 aromatic heterocycles. The van der Waals surface area contributed by atoms with Gasteiger partial charge in [0.1, 0.15) is 22.9 Å². The minimum Gasteiger partial charge on any atom is -0.497 e. The van der Waals surface area contributed by atoms with Crippen molar-refractivity contribution >= 4 is 5.78 Å². The predicted molar refractivity (Wildman–Crippen MR) is 165 cm³/mol. The van der Waals surface area contributed by atoms with Crippen LogP contribution >= 0.6 is 0 Å². The van der Waals surface area contributed by atoms with Crippen molar-refractivity contribution in [2.24, 2.45) is 0 Å². The normalized spacial score (nSPS) is 17.0. The number of hydrogen-bond acceptors (Lipinski definition) is 6. The number of hydrogen-bond donors (Lipinski definition) is 1. The number of benzene rings is 3. The molecule has 2 heterocycles. The van der Waals surface area contributed by atoms with Gasteiger partial charge in [-0.05, 0) is 118 Å². The first kappa shape index (κ1) is 28.0. The highest BCUT2D eigenvalue weighted by Crippen LogP contribution is 2.41. The molecule has 7 nitrogen and oxygen atoms in total. The molecule has 2 fully saturated rings. The molecule has 0 amide bonds. The molecule has 0 spiro atoms. The lowest BCUT2D eigenvalue weighted by Gasteiger charge is -2.27. The molecular formula is C35H39N3O4. The highest BCUT2D eigenvalue weighted by Gasteiger charge is 2.32. The number of nitrogens with one attached hydrogen (secondary N) is 1. The second-order valence-electron chi connectivity index (χ2n) is 11.2. The third kappa shape index (κ3) is 5.93. The summed E-state index contributed by atoms with van der Waals surface area (Å²) >= 11 is 0. The zero-order chi connectivity index (χ0) is 28.9. The number of carbonyl (C=O) groups is 1. The summed E-state index contributed by atoms with van der Waals surface area (Å²) in [4.78, 5) is 14.4. The number of methoxy groups -OCH3 is 2. The minimum absolute atomic E-state index is 0.0600. The van der Waals surface area contributed by atoms with E-state index in [4.69, 9.17) is 19.3 Å². The van der Waals surface area contributed by atoms with Crippen molar-refractivity contribution in [1.29, 1.82) is 0 Å². The Morgan fingerprint density at radius 3 is 2.02 bits per heavy atom. The van der Waals surface area contributed by atoms with E-state index in [2.05, 4.69) is 10.00 Å². The Bertz CT molecular complexity index is 1480. The van der Waals surface area contributed by atoms with Gasteiger partial charge in [-0.1, -0.05) is 6.42 Å². The Kier molecular flexibility index (Phi) is 8.56. The van der Waals surface area contributed by atoms with Crippen LogP contribution in [0.3, 0.4) is 0 Å². The van der Waals surface area contributed by atoms with Crippen molar-refractivity contribution in [3.05, 3.63) is 83.9 Å². The summed E-state index contributed by atoms with van der Waals surface area (Å²) in [6, 6.07) is 24.0. The summed E-state index contributed by atoms with van der Waals surface area (Å²) in [5.74, 6) is 2.25. The number of carbonyl (C=O) groups excluding carboxylic acids is 1. The monoisotopic (exact) mass is 565 g/mol. The Morgan fingerprint density at radius 1 is 0.810 bits per heavy atom. The number of rotatable bonds is 11. The van der Waals surface area contributed by atoms with E-state index in [0.29, 0.717) is 29.5 Å². The van der Waals surface area contributed by atoms with Gasteiger partial charge in [0, 0.05) is 22.7 Å². The van der Waals surface area contributed by atoms with Crippen LogP contribution < -0.4 is 19.5 Å². The summed E-state index contributed by atoms with van der Waals surface area (Å²) in [6.07, 6.45) is 7.98. The lowest BCUT2D eigenvalue weighted by atomic mass is 9.91. The van der Waals surface area contributed by atoms with Crippen molar-refractivity contribution < 1.29 is 19.0 Å². The van der Waals surface area contributed by atoms with Gasteiger partial charge in [0.2, 0.25) is 0 Å². The van der Waals surface area contributed by atoms with Crippen molar-refractivity contribution in [3.63, 3.8) is 0 Å². The van der Waals surface area contributed by atoms with Crippen molar-refractivity contribution in [2.75, 3.05) is 27.4 Å². The maximum absolute atomic E-state index is 14.4. The molecule has 2 aliphatic rings. The molecule has 1 saturated heterocycles. The van der Waals surface area contributed by atoms with Gasteiger partial charge in [-0.15, -0.1) is 0 Å². The highest BCUT2D eigenvalue weighted by atomic mass is 16.5. The van der Waals surface area contributed by atoms with Crippen molar-refractivity contribution in [2.45, 2.75) is 57.0 Å².